The maximum Gasteiger partial charge on any atom is 0.255 e. The number of hydrogen-bond acceptors (Lipinski definition) is 5. The topological polar surface area (TPSA) is 96.9 Å². The minimum Gasteiger partial charge on any atom is -0.489 e. The first-order chi connectivity index (χ1) is 14.9. The van der Waals surface area contributed by atoms with Crippen molar-refractivity contribution in [3.63, 3.8) is 0 Å². The average molecular weight is 438 g/mol. The first-order valence-corrected chi connectivity index (χ1v) is 11.1. The Bertz CT molecular complexity index is 1130. The molecule has 0 spiro atoms. The number of carbonyl (C=O) groups excluding carboxylic acids is 1. The van der Waals surface area contributed by atoms with Crippen molar-refractivity contribution in [2.45, 2.75) is 18.4 Å². The largest absolute Gasteiger partial charge is 0.489 e. The Hall–Kier alpha value is -3.49. The summed E-state index contributed by atoms with van der Waals surface area (Å²) < 4.78 is 32.1. The number of amides is 1. The Balaban J connectivity index is 1.44. The SMILES string of the molecule is Cc1ccc(COc2ccc(C=NNC(=O)CNS(=O)(=O)c3ccccc3)cc2)cc1. The summed E-state index contributed by atoms with van der Waals surface area (Å²) in [5.74, 6) is 0.144. The highest BCUT2D eigenvalue weighted by atomic mass is 32.2. The van der Waals surface area contributed by atoms with Crippen LogP contribution in [0.5, 0.6) is 5.75 Å². The van der Waals surface area contributed by atoms with Gasteiger partial charge in [-0.15, -0.1) is 0 Å². The van der Waals surface area contributed by atoms with Gasteiger partial charge < -0.3 is 4.74 Å². The van der Waals surface area contributed by atoms with Gasteiger partial charge in [0.15, 0.2) is 0 Å². The summed E-state index contributed by atoms with van der Waals surface area (Å²) in [5.41, 5.74) is 5.34. The molecule has 0 atom stereocenters. The third-order valence-corrected chi connectivity index (χ3v) is 5.70. The number of carbonyl (C=O) groups is 1. The summed E-state index contributed by atoms with van der Waals surface area (Å²) in [6, 6.07) is 23.2. The van der Waals surface area contributed by atoms with E-state index in [0.29, 0.717) is 6.61 Å². The quantitative estimate of drug-likeness (QED) is 0.397. The standard InChI is InChI=1S/C23H23N3O4S/c1-18-7-9-20(10-8-18)17-30-21-13-11-19(12-14-21)15-24-26-23(27)16-25-31(28,29)22-5-3-2-4-6-22/h2-15,25H,16-17H2,1H3,(H,26,27). The number of nitrogens with one attached hydrogen (secondary N) is 2. The lowest BCUT2D eigenvalue weighted by atomic mass is 10.2. The fourth-order valence-corrected chi connectivity index (χ4v) is 3.57. The van der Waals surface area contributed by atoms with Gasteiger partial charge in [-0.2, -0.15) is 5.10 Å². The molecule has 1 amide bonds. The van der Waals surface area contributed by atoms with Gasteiger partial charge in [-0.3, -0.25) is 4.79 Å². The molecule has 0 bridgehead atoms. The van der Waals surface area contributed by atoms with Crippen LogP contribution >= 0.6 is 0 Å². The summed E-state index contributed by atoms with van der Waals surface area (Å²) in [6.45, 7) is 2.10. The summed E-state index contributed by atoms with van der Waals surface area (Å²) in [7, 11) is -3.74. The molecule has 0 aliphatic carbocycles. The van der Waals surface area contributed by atoms with Crippen molar-refractivity contribution in [2.75, 3.05) is 6.54 Å². The second kappa shape index (κ2) is 10.5. The van der Waals surface area contributed by atoms with Crippen LogP contribution < -0.4 is 14.9 Å². The molecule has 31 heavy (non-hydrogen) atoms. The van der Waals surface area contributed by atoms with Crippen LogP contribution in [0.1, 0.15) is 16.7 Å². The molecule has 0 heterocycles. The molecular formula is C23H23N3O4S. The van der Waals surface area contributed by atoms with Crippen molar-refractivity contribution in [3.8, 4) is 5.75 Å². The van der Waals surface area contributed by atoms with Crippen LogP contribution in [-0.2, 0) is 21.4 Å². The fraction of sp³-hybridized carbons (Fsp3) is 0.130. The van der Waals surface area contributed by atoms with Gasteiger partial charge in [0.05, 0.1) is 17.7 Å². The maximum absolute atomic E-state index is 12.1. The van der Waals surface area contributed by atoms with Gasteiger partial charge in [0.1, 0.15) is 12.4 Å². The van der Waals surface area contributed by atoms with E-state index < -0.39 is 22.5 Å². The number of benzene rings is 3. The van der Waals surface area contributed by atoms with E-state index in [0.717, 1.165) is 16.9 Å². The zero-order valence-electron chi connectivity index (χ0n) is 17.0. The molecule has 0 saturated heterocycles. The molecule has 0 radical (unpaired) electrons. The Kier molecular flexibility index (Phi) is 7.53. The third kappa shape index (κ3) is 7.06. The minimum absolute atomic E-state index is 0.0935. The molecule has 0 fully saturated rings. The highest BCUT2D eigenvalue weighted by molar-refractivity contribution is 7.89. The Morgan fingerprint density at radius 2 is 1.65 bits per heavy atom. The van der Waals surface area contributed by atoms with Gasteiger partial charge in [0, 0.05) is 0 Å². The van der Waals surface area contributed by atoms with Crippen LogP contribution in [-0.4, -0.2) is 27.1 Å². The molecule has 0 aliphatic heterocycles. The second-order valence-corrected chi connectivity index (χ2v) is 8.54. The second-order valence-electron chi connectivity index (χ2n) is 6.77. The first-order valence-electron chi connectivity index (χ1n) is 9.57. The molecular weight excluding hydrogens is 414 g/mol. The predicted molar refractivity (Wildman–Crippen MR) is 119 cm³/mol. The molecule has 3 aromatic carbocycles. The molecule has 0 aromatic heterocycles. The number of rotatable bonds is 9. The molecule has 3 rings (SSSR count). The van der Waals surface area contributed by atoms with E-state index in [2.05, 4.69) is 15.2 Å². The third-order valence-electron chi connectivity index (χ3n) is 4.29. The molecule has 8 heteroatoms. The average Bonchev–Trinajstić information content (AvgIpc) is 2.79. The lowest BCUT2D eigenvalue weighted by Crippen LogP contribution is -2.34. The Labute approximate surface area is 181 Å². The summed E-state index contributed by atoms with van der Waals surface area (Å²) in [4.78, 5) is 11.9. The molecule has 0 aliphatic rings. The van der Waals surface area contributed by atoms with Gasteiger partial charge in [-0.05, 0) is 54.4 Å². The molecule has 0 saturated carbocycles. The van der Waals surface area contributed by atoms with Crippen molar-refractivity contribution in [2.24, 2.45) is 5.10 Å². The van der Waals surface area contributed by atoms with Gasteiger partial charge >= 0.3 is 0 Å². The molecule has 3 aromatic rings. The molecule has 2 N–H and O–H groups in total. The number of sulfonamides is 1. The smallest absolute Gasteiger partial charge is 0.255 e. The lowest BCUT2D eigenvalue weighted by Gasteiger charge is -2.07. The molecule has 0 unspecified atom stereocenters. The minimum atomic E-state index is -3.74. The van der Waals surface area contributed by atoms with E-state index in [1.165, 1.54) is 23.9 Å². The van der Waals surface area contributed by atoms with Crippen molar-refractivity contribution in [3.05, 3.63) is 95.6 Å². The van der Waals surface area contributed by atoms with E-state index in [-0.39, 0.29) is 4.90 Å². The van der Waals surface area contributed by atoms with Crippen LogP contribution in [0.4, 0.5) is 0 Å². The number of aryl methyl sites for hydroxylation is 1. The normalized spacial score (nSPS) is 11.4. The van der Waals surface area contributed by atoms with Crippen molar-refractivity contribution >= 4 is 22.1 Å². The Morgan fingerprint density at radius 1 is 0.968 bits per heavy atom. The van der Waals surface area contributed by atoms with Crippen LogP contribution in [0, 0.1) is 6.92 Å². The Morgan fingerprint density at radius 3 is 2.32 bits per heavy atom. The van der Waals surface area contributed by atoms with Gasteiger partial charge in [-0.25, -0.2) is 18.6 Å². The van der Waals surface area contributed by atoms with E-state index >= 15 is 0 Å². The summed E-state index contributed by atoms with van der Waals surface area (Å²) in [5, 5.41) is 3.85. The number of hydrazone groups is 1. The number of hydrogen-bond donors (Lipinski definition) is 2. The van der Waals surface area contributed by atoms with Gasteiger partial charge in [-0.1, -0.05) is 48.0 Å². The monoisotopic (exact) mass is 437 g/mol. The summed E-state index contributed by atoms with van der Waals surface area (Å²) >= 11 is 0. The van der Waals surface area contributed by atoms with Crippen molar-refractivity contribution in [1.29, 1.82) is 0 Å². The van der Waals surface area contributed by atoms with Crippen LogP contribution in [0.25, 0.3) is 0 Å². The van der Waals surface area contributed by atoms with Crippen LogP contribution in [0.15, 0.2) is 88.9 Å². The van der Waals surface area contributed by atoms with Crippen molar-refractivity contribution < 1.29 is 17.9 Å². The van der Waals surface area contributed by atoms with E-state index in [1.807, 2.05) is 43.3 Å². The highest BCUT2D eigenvalue weighted by Gasteiger charge is 2.14. The zero-order valence-corrected chi connectivity index (χ0v) is 17.8. The molecule has 160 valence electrons. The van der Waals surface area contributed by atoms with Gasteiger partial charge in [0.25, 0.3) is 5.91 Å². The highest BCUT2D eigenvalue weighted by Crippen LogP contribution is 2.14. The van der Waals surface area contributed by atoms with E-state index in [4.69, 9.17) is 4.74 Å². The van der Waals surface area contributed by atoms with E-state index in [9.17, 15) is 13.2 Å². The van der Waals surface area contributed by atoms with E-state index in [1.54, 1.807) is 30.3 Å². The van der Waals surface area contributed by atoms with Crippen LogP contribution in [0.2, 0.25) is 0 Å². The van der Waals surface area contributed by atoms with Gasteiger partial charge in [0.2, 0.25) is 10.0 Å². The number of ether oxygens (including phenoxy) is 1. The summed E-state index contributed by atoms with van der Waals surface area (Å²) in [6.07, 6.45) is 1.47. The molecule has 7 nitrogen and oxygen atoms in total. The predicted octanol–water partition coefficient (Wildman–Crippen LogP) is 3.00. The maximum atomic E-state index is 12.1. The van der Waals surface area contributed by atoms with Crippen LogP contribution in [0.3, 0.4) is 0 Å². The first kappa shape index (κ1) is 22.2. The zero-order chi connectivity index (χ0) is 22.1. The van der Waals surface area contributed by atoms with Crippen molar-refractivity contribution in [1.82, 2.24) is 10.1 Å². The lowest BCUT2D eigenvalue weighted by molar-refractivity contribution is -0.119. The fourth-order valence-electron chi connectivity index (χ4n) is 2.56. The number of nitrogens with zero attached hydrogens (tertiary/aromatic N) is 1.